The number of ketones is 1. The number of esters is 1. The molecule has 0 atom stereocenters. The Kier molecular flexibility index (Phi) is 6.92. The Labute approximate surface area is 96.1 Å². The Morgan fingerprint density at radius 1 is 0.938 bits per heavy atom. The first kappa shape index (κ1) is 15.1. The zero-order valence-corrected chi connectivity index (χ0v) is 10.4. The maximum absolute atomic E-state index is 11.8. The van der Waals surface area contributed by atoms with Crippen LogP contribution in [0.25, 0.3) is 0 Å². The van der Waals surface area contributed by atoms with Crippen molar-refractivity contribution in [2.75, 3.05) is 19.8 Å². The smallest absolute Gasteiger partial charge is 0.375 e. The summed E-state index contributed by atoms with van der Waals surface area (Å²) in [5.41, 5.74) is 0. The molecule has 94 valence electrons. The van der Waals surface area contributed by atoms with Gasteiger partial charge in [-0.05, 0) is 20.8 Å². The largest absolute Gasteiger partial charge is 0.462 e. The molecule has 0 heterocycles. The van der Waals surface area contributed by atoms with Crippen molar-refractivity contribution < 1.29 is 23.8 Å². The van der Waals surface area contributed by atoms with Crippen molar-refractivity contribution in [3.63, 3.8) is 0 Å². The Morgan fingerprint density at radius 3 is 1.75 bits per heavy atom. The molecule has 16 heavy (non-hydrogen) atoms. The highest BCUT2D eigenvalue weighted by Gasteiger charge is 2.48. The molecule has 0 amide bonds. The first-order chi connectivity index (χ1) is 7.58. The fourth-order valence-electron chi connectivity index (χ4n) is 1.30. The molecule has 0 unspecified atom stereocenters. The van der Waals surface area contributed by atoms with E-state index in [9.17, 15) is 9.59 Å². The molecule has 0 fully saturated rings. The summed E-state index contributed by atoms with van der Waals surface area (Å²) in [4.78, 5) is 23.5. The van der Waals surface area contributed by atoms with Crippen LogP contribution in [-0.2, 0) is 23.8 Å². The predicted molar refractivity (Wildman–Crippen MR) is 57.9 cm³/mol. The van der Waals surface area contributed by atoms with E-state index in [1.54, 1.807) is 27.7 Å². The third-order valence-corrected chi connectivity index (χ3v) is 1.93. The normalized spacial score (nSPS) is 11.2. The fourth-order valence-corrected chi connectivity index (χ4v) is 1.30. The second kappa shape index (κ2) is 7.35. The average Bonchev–Trinajstić information content (AvgIpc) is 2.27. The van der Waals surface area contributed by atoms with Gasteiger partial charge in [0.15, 0.2) is 0 Å². The summed E-state index contributed by atoms with van der Waals surface area (Å²) < 4.78 is 15.2. The molecule has 0 aromatic rings. The Bertz CT molecular complexity index is 231. The van der Waals surface area contributed by atoms with Gasteiger partial charge >= 0.3 is 11.8 Å². The topological polar surface area (TPSA) is 61.8 Å². The first-order valence-electron chi connectivity index (χ1n) is 5.57. The summed E-state index contributed by atoms with van der Waals surface area (Å²) in [5, 5.41) is 0. The highest BCUT2D eigenvalue weighted by atomic mass is 16.7. The van der Waals surface area contributed by atoms with Crippen LogP contribution in [0.5, 0.6) is 0 Å². The molecule has 0 rings (SSSR count). The second-order valence-corrected chi connectivity index (χ2v) is 2.98. The standard InChI is InChI=1S/C11H20O5/c1-5-9(12)11(15-7-3,16-8-4)10(13)14-6-2/h5-8H2,1-4H3. The van der Waals surface area contributed by atoms with E-state index < -0.39 is 17.5 Å². The molecule has 0 aliphatic heterocycles. The molecule has 0 saturated carbocycles. The van der Waals surface area contributed by atoms with E-state index in [2.05, 4.69) is 0 Å². The summed E-state index contributed by atoms with van der Waals surface area (Å²) in [7, 11) is 0. The zero-order chi connectivity index (χ0) is 12.6. The van der Waals surface area contributed by atoms with Crippen LogP contribution in [0.3, 0.4) is 0 Å². The summed E-state index contributed by atoms with van der Waals surface area (Å²) in [6.45, 7) is 7.27. The molecule has 0 N–H and O–H groups in total. The van der Waals surface area contributed by atoms with E-state index in [4.69, 9.17) is 14.2 Å². The minimum atomic E-state index is -1.88. The molecule has 0 bridgehead atoms. The van der Waals surface area contributed by atoms with Gasteiger partial charge in [-0.3, -0.25) is 4.79 Å². The van der Waals surface area contributed by atoms with E-state index in [1.807, 2.05) is 0 Å². The van der Waals surface area contributed by atoms with Crippen molar-refractivity contribution in [1.82, 2.24) is 0 Å². The number of carbonyl (C=O) groups excluding carboxylic acids is 2. The van der Waals surface area contributed by atoms with Crippen LogP contribution in [0, 0.1) is 0 Å². The van der Waals surface area contributed by atoms with Crippen molar-refractivity contribution in [2.24, 2.45) is 0 Å². The maximum atomic E-state index is 11.8. The van der Waals surface area contributed by atoms with Crippen LogP contribution >= 0.6 is 0 Å². The third kappa shape index (κ3) is 3.28. The van der Waals surface area contributed by atoms with Crippen LogP contribution in [0.15, 0.2) is 0 Å². The van der Waals surface area contributed by atoms with Gasteiger partial charge in [0.1, 0.15) is 0 Å². The quantitative estimate of drug-likeness (QED) is 0.358. The molecule has 5 heteroatoms. The van der Waals surface area contributed by atoms with Crippen molar-refractivity contribution in [2.45, 2.75) is 39.9 Å². The highest BCUT2D eigenvalue weighted by molar-refractivity contribution is 6.05. The average molecular weight is 232 g/mol. The molecule has 5 nitrogen and oxygen atoms in total. The number of Topliss-reactive ketones (excluding diaryl/α,β-unsaturated/α-hetero) is 1. The lowest BCUT2D eigenvalue weighted by Gasteiger charge is -2.28. The van der Waals surface area contributed by atoms with Crippen LogP contribution in [-0.4, -0.2) is 37.4 Å². The third-order valence-electron chi connectivity index (χ3n) is 1.93. The van der Waals surface area contributed by atoms with Gasteiger partial charge in [-0.15, -0.1) is 0 Å². The lowest BCUT2D eigenvalue weighted by Crippen LogP contribution is -2.52. The van der Waals surface area contributed by atoms with E-state index in [1.165, 1.54) is 0 Å². The minimum absolute atomic E-state index is 0.152. The monoisotopic (exact) mass is 232 g/mol. The zero-order valence-electron chi connectivity index (χ0n) is 10.4. The lowest BCUT2D eigenvalue weighted by atomic mass is 10.1. The summed E-state index contributed by atoms with van der Waals surface area (Å²) >= 11 is 0. The molecular weight excluding hydrogens is 212 g/mol. The van der Waals surface area contributed by atoms with E-state index in [0.29, 0.717) is 0 Å². The molecular formula is C11H20O5. The van der Waals surface area contributed by atoms with Gasteiger partial charge in [-0.1, -0.05) is 6.92 Å². The van der Waals surface area contributed by atoms with Gasteiger partial charge in [-0.25, -0.2) is 4.79 Å². The fraction of sp³-hybridized carbons (Fsp3) is 0.818. The molecule has 0 radical (unpaired) electrons. The Morgan fingerprint density at radius 2 is 1.44 bits per heavy atom. The molecule has 0 spiro atoms. The molecule has 0 aromatic carbocycles. The first-order valence-corrected chi connectivity index (χ1v) is 5.57. The second-order valence-electron chi connectivity index (χ2n) is 2.98. The van der Waals surface area contributed by atoms with E-state index >= 15 is 0 Å². The molecule has 0 aliphatic rings. The van der Waals surface area contributed by atoms with Crippen LogP contribution in [0.4, 0.5) is 0 Å². The van der Waals surface area contributed by atoms with Crippen molar-refractivity contribution in [3.8, 4) is 0 Å². The summed E-state index contributed by atoms with van der Waals surface area (Å²) in [6, 6.07) is 0. The summed E-state index contributed by atoms with van der Waals surface area (Å²) in [5.74, 6) is -3.07. The SMILES string of the molecule is CCOC(=O)C(OCC)(OCC)C(=O)CC. The Hall–Kier alpha value is -0.940. The molecule has 0 aromatic heterocycles. The lowest BCUT2D eigenvalue weighted by molar-refractivity contribution is -0.237. The summed E-state index contributed by atoms with van der Waals surface area (Å²) in [6.07, 6.45) is 0.152. The van der Waals surface area contributed by atoms with Gasteiger partial charge in [0, 0.05) is 19.6 Å². The van der Waals surface area contributed by atoms with Crippen LogP contribution in [0.2, 0.25) is 0 Å². The van der Waals surface area contributed by atoms with Gasteiger partial charge < -0.3 is 14.2 Å². The van der Waals surface area contributed by atoms with Crippen molar-refractivity contribution in [1.29, 1.82) is 0 Å². The highest BCUT2D eigenvalue weighted by Crippen LogP contribution is 2.19. The van der Waals surface area contributed by atoms with Gasteiger partial charge in [0.2, 0.25) is 5.78 Å². The van der Waals surface area contributed by atoms with Crippen molar-refractivity contribution >= 4 is 11.8 Å². The maximum Gasteiger partial charge on any atom is 0.375 e. The molecule has 0 saturated heterocycles. The van der Waals surface area contributed by atoms with E-state index in [-0.39, 0.29) is 26.2 Å². The van der Waals surface area contributed by atoms with Gasteiger partial charge in [-0.2, -0.15) is 0 Å². The van der Waals surface area contributed by atoms with Gasteiger partial charge in [0.05, 0.1) is 6.61 Å². The van der Waals surface area contributed by atoms with E-state index in [0.717, 1.165) is 0 Å². The van der Waals surface area contributed by atoms with Gasteiger partial charge in [0.25, 0.3) is 0 Å². The minimum Gasteiger partial charge on any atom is -0.462 e. The number of hydrogen-bond donors (Lipinski definition) is 0. The molecule has 0 aliphatic carbocycles. The predicted octanol–water partition coefficient (Wildman–Crippen LogP) is 1.30. The number of rotatable bonds is 8. The number of carbonyl (C=O) groups is 2. The van der Waals surface area contributed by atoms with Crippen LogP contribution in [0.1, 0.15) is 34.1 Å². The number of ether oxygens (including phenoxy) is 3. The number of hydrogen-bond acceptors (Lipinski definition) is 5. The Balaban J connectivity index is 5.06. The van der Waals surface area contributed by atoms with Crippen LogP contribution < -0.4 is 0 Å². The van der Waals surface area contributed by atoms with Crippen molar-refractivity contribution in [3.05, 3.63) is 0 Å².